The Morgan fingerprint density at radius 1 is 1.60 bits per heavy atom. The van der Waals surface area contributed by atoms with Crippen LogP contribution in [0.15, 0.2) is 0 Å². The van der Waals surface area contributed by atoms with E-state index in [0.29, 0.717) is 0 Å². The maximum absolute atomic E-state index is 3.86. The zero-order valence-corrected chi connectivity index (χ0v) is 3.46. The van der Waals surface area contributed by atoms with Crippen molar-refractivity contribution in [1.29, 1.82) is 0 Å². The van der Waals surface area contributed by atoms with Gasteiger partial charge in [-0.15, -0.1) is 0 Å². The third-order valence-electron chi connectivity index (χ3n) is 0.158. The molecule has 0 unspecified atom stereocenters. The van der Waals surface area contributed by atoms with Gasteiger partial charge >= 0.3 is 0 Å². The van der Waals surface area contributed by atoms with E-state index in [4.69, 9.17) is 0 Å². The highest BCUT2D eigenvalue weighted by Crippen LogP contribution is 1.73. The van der Waals surface area contributed by atoms with Crippen LogP contribution in [0.25, 0.3) is 0 Å². The van der Waals surface area contributed by atoms with Gasteiger partial charge in [0.2, 0.25) is 0 Å². The molecule has 0 fully saturated rings. The van der Waals surface area contributed by atoms with E-state index in [-0.39, 0.29) is 11.0 Å². The second kappa shape index (κ2) is 8.82. The van der Waals surface area contributed by atoms with E-state index in [1.165, 1.54) is 0 Å². The highest BCUT2D eigenvalue weighted by molar-refractivity contribution is 7.80. The summed E-state index contributed by atoms with van der Waals surface area (Å²) in [5.41, 5.74) is 0. The van der Waals surface area contributed by atoms with Crippen LogP contribution in [0.5, 0.6) is 0 Å². The van der Waals surface area contributed by atoms with E-state index in [2.05, 4.69) is 19.6 Å². The molecule has 0 heterocycles. The molecule has 0 atom stereocenters. The Morgan fingerprint density at radius 2 is 1.80 bits per heavy atom. The van der Waals surface area contributed by atoms with Gasteiger partial charge in [0.25, 0.3) is 0 Å². The molecule has 0 nitrogen and oxygen atoms in total. The monoisotopic (exact) mass is 107 g/mol. The third kappa shape index (κ3) is 12.3. The minimum Gasteiger partial charge on any atom is -0.179 e. The largest absolute Gasteiger partial charge is 0.179 e. The Morgan fingerprint density at radius 3 is 1.80 bits per heavy atom. The van der Waals surface area contributed by atoms with Gasteiger partial charge in [0.15, 0.2) is 0 Å². The predicted molar refractivity (Wildman–Crippen MR) is 35.2 cm³/mol. The maximum Gasteiger partial charge on any atom is -0.00979 e. The van der Waals surface area contributed by atoms with Crippen LogP contribution in [-0.4, -0.2) is 16.7 Å². The fourth-order valence-corrected chi connectivity index (χ4v) is 0. The van der Waals surface area contributed by atoms with Crippen LogP contribution in [0.2, 0.25) is 0 Å². The van der Waals surface area contributed by atoms with Gasteiger partial charge in [-0.2, -0.15) is 12.6 Å². The molecule has 0 aliphatic rings. The molecular weight excluding hydrogens is 96.2 g/mol. The summed E-state index contributed by atoms with van der Waals surface area (Å²) in [6.07, 6.45) is 0.934. The van der Waals surface area contributed by atoms with Gasteiger partial charge in [-0.05, 0) is 23.1 Å². The third-order valence-corrected chi connectivity index (χ3v) is 0.474. The Hall–Kier alpha value is 0.567. The van der Waals surface area contributed by atoms with Gasteiger partial charge in [0, 0.05) is 0 Å². The van der Waals surface area contributed by atoms with Crippen molar-refractivity contribution in [2.75, 3.05) is 5.75 Å². The van der Waals surface area contributed by atoms with Gasteiger partial charge in [-0.25, -0.2) is 0 Å². The molecule has 33 valence electrons. The SMILES string of the molecule is [CH2]CCS.[SiH4]. The normalized spacial score (nSPS) is 6.00. The van der Waals surface area contributed by atoms with Crippen LogP contribution in [0.3, 0.4) is 0 Å². The number of rotatable bonds is 1. The minimum absolute atomic E-state index is 0. The summed E-state index contributed by atoms with van der Waals surface area (Å²) in [5, 5.41) is 0. The summed E-state index contributed by atoms with van der Waals surface area (Å²) in [7, 11) is 0. The molecule has 0 aromatic rings. The molecule has 0 aromatic heterocycles. The summed E-state index contributed by atoms with van der Waals surface area (Å²) in [5.74, 6) is 0.903. The molecule has 0 saturated carbocycles. The average Bonchev–Trinajstić information content (AvgIpc) is 1.37. The van der Waals surface area contributed by atoms with Crippen molar-refractivity contribution in [2.24, 2.45) is 0 Å². The van der Waals surface area contributed by atoms with Crippen molar-refractivity contribution in [3.05, 3.63) is 6.92 Å². The maximum atomic E-state index is 3.86. The van der Waals surface area contributed by atoms with Crippen molar-refractivity contribution in [1.82, 2.24) is 0 Å². The van der Waals surface area contributed by atoms with E-state index in [1.807, 2.05) is 0 Å². The molecule has 0 N–H and O–H groups in total. The molecule has 2 heteroatoms. The summed E-state index contributed by atoms with van der Waals surface area (Å²) < 4.78 is 0. The zero-order valence-electron chi connectivity index (χ0n) is 2.57. The molecular formula is C3H11SSi. The quantitative estimate of drug-likeness (QED) is 0.345. The Bertz CT molecular complexity index is 8.85. The second-order valence-corrected chi connectivity index (χ2v) is 1.02. The fraction of sp³-hybridized carbons (Fsp3) is 0.667. The first-order valence-electron chi connectivity index (χ1n) is 1.32. The second-order valence-electron chi connectivity index (χ2n) is 0.577. The number of hydrogen-bond acceptors (Lipinski definition) is 1. The topological polar surface area (TPSA) is 0 Å². The Balaban J connectivity index is 0. The molecule has 1 radical (unpaired) electrons. The molecule has 0 aromatic carbocycles. The molecule has 0 spiro atoms. The fourth-order valence-electron chi connectivity index (χ4n) is 0. The van der Waals surface area contributed by atoms with Crippen molar-refractivity contribution < 1.29 is 0 Å². The first-order valence-corrected chi connectivity index (χ1v) is 1.95. The smallest absolute Gasteiger partial charge is 0.00979 e. The first-order chi connectivity index (χ1) is 1.91. The molecule has 0 rings (SSSR count). The predicted octanol–water partition coefficient (Wildman–Crippen LogP) is -0.311. The van der Waals surface area contributed by atoms with Crippen molar-refractivity contribution >= 4 is 23.6 Å². The molecule has 5 heavy (non-hydrogen) atoms. The van der Waals surface area contributed by atoms with Gasteiger partial charge in [-0.1, -0.05) is 6.92 Å². The van der Waals surface area contributed by atoms with Crippen LogP contribution in [0.4, 0.5) is 0 Å². The first kappa shape index (κ1) is 9.13. The molecule has 0 amide bonds. The van der Waals surface area contributed by atoms with E-state index in [9.17, 15) is 0 Å². The van der Waals surface area contributed by atoms with Gasteiger partial charge in [-0.3, -0.25) is 0 Å². The van der Waals surface area contributed by atoms with Crippen LogP contribution in [-0.2, 0) is 0 Å². The highest BCUT2D eigenvalue weighted by Gasteiger charge is 1.57. The van der Waals surface area contributed by atoms with E-state index < -0.39 is 0 Å². The summed E-state index contributed by atoms with van der Waals surface area (Å²) in [6.45, 7) is 3.53. The van der Waals surface area contributed by atoms with E-state index in [1.54, 1.807) is 0 Å². The Labute approximate surface area is 43.4 Å². The number of hydrogen-bond donors (Lipinski definition) is 1. The lowest BCUT2D eigenvalue weighted by Gasteiger charge is -1.67. The minimum atomic E-state index is 0. The lowest BCUT2D eigenvalue weighted by Crippen LogP contribution is -1.56. The Kier molecular flexibility index (Phi) is 16.1. The van der Waals surface area contributed by atoms with Crippen LogP contribution >= 0.6 is 12.6 Å². The average molecular weight is 107 g/mol. The summed E-state index contributed by atoms with van der Waals surface area (Å²) in [6, 6.07) is 0. The molecule has 0 bridgehead atoms. The van der Waals surface area contributed by atoms with Crippen molar-refractivity contribution in [3.63, 3.8) is 0 Å². The molecule has 0 aliphatic carbocycles. The van der Waals surface area contributed by atoms with Gasteiger partial charge < -0.3 is 0 Å². The van der Waals surface area contributed by atoms with Crippen LogP contribution in [0.1, 0.15) is 6.42 Å². The van der Waals surface area contributed by atoms with Crippen LogP contribution < -0.4 is 0 Å². The number of thiol groups is 1. The zero-order chi connectivity index (χ0) is 3.41. The lowest BCUT2D eigenvalue weighted by atomic mass is 10.6. The van der Waals surface area contributed by atoms with E-state index in [0.717, 1.165) is 12.2 Å². The van der Waals surface area contributed by atoms with Gasteiger partial charge in [0.05, 0.1) is 0 Å². The molecule has 0 aliphatic heterocycles. The standard InChI is InChI=1S/C3H7S.H4Si/c1-2-3-4;/h4H,1-3H2;1H4. The highest BCUT2D eigenvalue weighted by atomic mass is 32.1. The van der Waals surface area contributed by atoms with Crippen molar-refractivity contribution in [2.45, 2.75) is 6.42 Å². The summed E-state index contributed by atoms with van der Waals surface area (Å²) in [4.78, 5) is 0. The van der Waals surface area contributed by atoms with Crippen LogP contribution in [0, 0.1) is 6.92 Å². The van der Waals surface area contributed by atoms with Gasteiger partial charge in [0.1, 0.15) is 0 Å². The van der Waals surface area contributed by atoms with E-state index >= 15 is 0 Å². The summed E-state index contributed by atoms with van der Waals surface area (Å²) >= 11 is 3.86. The molecule has 0 saturated heterocycles. The van der Waals surface area contributed by atoms with Crippen molar-refractivity contribution in [3.8, 4) is 0 Å². The lowest BCUT2D eigenvalue weighted by molar-refractivity contribution is 1.25.